The molecule has 2 aromatic carbocycles. The van der Waals surface area contributed by atoms with Gasteiger partial charge in [0.05, 0.1) is 39.0 Å². The molecule has 0 saturated carbocycles. The monoisotopic (exact) mass is 622 g/mol. The molecule has 4 heterocycles. The van der Waals surface area contributed by atoms with Crippen LogP contribution in [0.2, 0.25) is 0 Å². The maximum Gasteiger partial charge on any atom is 0.239 e. The van der Waals surface area contributed by atoms with Crippen LogP contribution in [0.5, 0.6) is 17.2 Å². The fourth-order valence-electron chi connectivity index (χ4n) is 6.23. The highest BCUT2D eigenvalue weighted by atomic mass is 16.5. The standard InChI is InChI=1S/C34H46N4O7/c1-42-18-6-16-37-22-32(39)35-28-21-38(34(41)23-36-14-3-4-15-36)17-13-29(28)44-24-26-7-5-8-27(19-26)45-30-11-9-25(10-12-33(37)40)20-31(30)43-2/h5,7-9,11,19-20,28-29H,3-4,6,10,12-18,21-24H2,1-2H3,(H,35,39)/t28-,29+/m0/s1. The fourth-order valence-corrected chi connectivity index (χ4v) is 6.23. The summed E-state index contributed by atoms with van der Waals surface area (Å²) >= 11 is 0. The van der Waals surface area contributed by atoms with Crippen LogP contribution in [-0.2, 0) is 36.9 Å². The largest absolute Gasteiger partial charge is 0.493 e. The van der Waals surface area contributed by atoms with Crippen molar-refractivity contribution in [2.45, 2.75) is 57.3 Å². The third-order valence-electron chi connectivity index (χ3n) is 8.72. The first-order chi connectivity index (χ1) is 21.9. The van der Waals surface area contributed by atoms with E-state index < -0.39 is 6.04 Å². The molecule has 0 aliphatic carbocycles. The minimum atomic E-state index is -0.411. The van der Waals surface area contributed by atoms with Crippen molar-refractivity contribution in [2.24, 2.45) is 0 Å². The molecule has 0 radical (unpaired) electrons. The van der Waals surface area contributed by atoms with Crippen molar-refractivity contribution in [2.75, 3.05) is 66.6 Å². The van der Waals surface area contributed by atoms with Gasteiger partial charge in [-0.1, -0.05) is 18.2 Å². The van der Waals surface area contributed by atoms with Gasteiger partial charge in [-0.05, 0) is 80.6 Å². The van der Waals surface area contributed by atoms with Gasteiger partial charge in [-0.15, -0.1) is 0 Å². The van der Waals surface area contributed by atoms with Crippen molar-refractivity contribution in [3.8, 4) is 17.2 Å². The van der Waals surface area contributed by atoms with Crippen LogP contribution in [0.25, 0.3) is 0 Å². The number of aryl methyl sites for hydroxylation is 1. The zero-order valence-electron chi connectivity index (χ0n) is 26.5. The number of likely N-dealkylation sites (tertiary alicyclic amines) is 2. The summed E-state index contributed by atoms with van der Waals surface area (Å²) in [6.45, 7) is 4.32. The number of carbonyl (C=O) groups excluding carboxylic acids is 3. The van der Waals surface area contributed by atoms with Gasteiger partial charge in [-0.25, -0.2) is 0 Å². The van der Waals surface area contributed by atoms with Crippen LogP contribution in [0, 0.1) is 0 Å². The molecular weight excluding hydrogens is 576 g/mol. The molecule has 2 fully saturated rings. The highest BCUT2D eigenvalue weighted by Gasteiger charge is 2.34. The average molecular weight is 623 g/mol. The topological polar surface area (TPSA) is 110 Å². The molecule has 6 rings (SSSR count). The van der Waals surface area contributed by atoms with Crippen molar-refractivity contribution in [1.82, 2.24) is 20.0 Å². The Hall–Kier alpha value is -3.67. The van der Waals surface area contributed by atoms with Gasteiger partial charge < -0.3 is 34.1 Å². The average Bonchev–Trinajstić information content (AvgIpc) is 3.56. The molecule has 244 valence electrons. The van der Waals surface area contributed by atoms with E-state index in [1.165, 1.54) is 0 Å². The number of carbonyl (C=O) groups is 3. The maximum atomic E-state index is 13.5. The minimum Gasteiger partial charge on any atom is -0.493 e. The van der Waals surface area contributed by atoms with Crippen molar-refractivity contribution >= 4 is 17.7 Å². The van der Waals surface area contributed by atoms with Crippen LogP contribution in [0.3, 0.4) is 0 Å². The second kappa shape index (κ2) is 16.1. The minimum absolute atomic E-state index is 0.0728. The third kappa shape index (κ3) is 9.18. The molecule has 4 aliphatic heterocycles. The number of nitrogens with zero attached hydrogens (tertiary/aromatic N) is 3. The molecule has 3 amide bonds. The summed E-state index contributed by atoms with van der Waals surface area (Å²) in [5.41, 5.74) is 1.85. The van der Waals surface area contributed by atoms with Gasteiger partial charge in [0, 0.05) is 39.8 Å². The van der Waals surface area contributed by atoms with Crippen LogP contribution in [0.15, 0.2) is 42.5 Å². The zero-order chi connectivity index (χ0) is 31.6. The Morgan fingerprint density at radius 1 is 1.02 bits per heavy atom. The van der Waals surface area contributed by atoms with E-state index in [1.54, 1.807) is 19.1 Å². The van der Waals surface area contributed by atoms with E-state index in [-0.39, 0.29) is 36.8 Å². The quantitative estimate of drug-likeness (QED) is 0.470. The molecule has 0 aromatic heterocycles. The highest BCUT2D eigenvalue weighted by molar-refractivity contribution is 5.85. The van der Waals surface area contributed by atoms with Gasteiger partial charge >= 0.3 is 0 Å². The Balaban J connectivity index is 1.37. The normalized spacial score (nSPS) is 21.7. The molecule has 2 saturated heterocycles. The molecule has 4 bridgehead atoms. The zero-order valence-corrected chi connectivity index (χ0v) is 26.5. The number of nitrogens with one attached hydrogen (secondary N) is 1. The van der Waals surface area contributed by atoms with Crippen molar-refractivity contribution < 1.29 is 33.3 Å². The summed E-state index contributed by atoms with van der Waals surface area (Å²) in [7, 11) is 3.21. The van der Waals surface area contributed by atoms with E-state index in [2.05, 4.69) is 10.2 Å². The predicted molar refractivity (Wildman–Crippen MR) is 168 cm³/mol. The van der Waals surface area contributed by atoms with Crippen molar-refractivity contribution in [3.63, 3.8) is 0 Å². The molecule has 11 heteroatoms. The number of ether oxygens (including phenoxy) is 4. The van der Waals surface area contributed by atoms with E-state index in [9.17, 15) is 14.4 Å². The second-order valence-corrected chi connectivity index (χ2v) is 12.0. The van der Waals surface area contributed by atoms with Gasteiger partial charge in [-0.2, -0.15) is 0 Å². The molecule has 0 spiro atoms. The van der Waals surface area contributed by atoms with E-state index in [0.717, 1.165) is 37.1 Å². The van der Waals surface area contributed by atoms with Crippen LogP contribution in [0.1, 0.15) is 43.2 Å². The molecule has 1 N–H and O–H groups in total. The number of hydrogen-bond acceptors (Lipinski definition) is 8. The summed E-state index contributed by atoms with van der Waals surface area (Å²) in [4.78, 5) is 45.8. The van der Waals surface area contributed by atoms with E-state index in [4.69, 9.17) is 18.9 Å². The van der Waals surface area contributed by atoms with E-state index >= 15 is 0 Å². The van der Waals surface area contributed by atoms with Gasteiger partial charge in [0.15, 0.2) is 11.5 Å². The molecule has 4 aliphatic rings. The summed E-state index contributed by atoms with van der Waals surface area (Å²) in [6.07, 6.45) is 3.86. The molecule has 2 aromatic rings. The smallest absolute Gasteiger partial charge is 0.239 e. The van der Waals surface area contributed by atoms with Crippen LogP contribution in [0.4, 0.5) is 0 Å². The van der Waals surface area contributed by atoms with Gasteiger partial charge in [-0.3, -0.25) is 19.3 Å². The molecular formula is C34H46N4O7. The SMILES string of the molecule is COCCCN1CC(=O)N[C@H]2CN(C(=O)CN3CCCC3)CC[C@H]2OCc2cccc(c2)Oc2ccc(cc2OC)CCC1=O. The second-order valence-electron chi connectivity index (χ2n) is 12.0. The Morgan fingerprint density at radius 2 is 1.87 bits per heavy atom. The lowest BCUT2D eigenvalue weighted by Gasteiger charge is -2.39. The first-order valence-electron chi connectivity index (χ1n) is 16.0. The lowest BCUT2D eigenvalue weighted by atomic mass is 10.0. The first kappa shape index (κ1) is 32.7. The number of rotatable bonds is 7. The summed E-state index contributed by atoms with van der Waals surface area (Å²) in [5.74, 6) is 1.48. The van der Waals surface area contributed by atoms with Crippen LogP contribution < -0.4 is 14.8 Å². The lowest BCUT2D eigenvalue weighted by molar-refractivity contribution is -0.139. The first-order valence-corrected chi connectivity index (χ1v) is 16.0. The highest BCUT2D eigenvalue weighted by Crippen LogP contribution is 2.33. The molecule has 0 unspecified atom stereocenters. The van der Waals surface area contributed by atoms with Crippen LogP contribution in [-0.4, -0.2) is 111 Å². The number of amides is 3. The Morgan fingerprint density at radius 3 is 2.67 bits per heavy atom. The summed E-state index contributed by atoms with van der Waals surface area (Å²) < 4.78 is 23.4. The maximum absolute atomic E-state index is 13.5. The Bertz CT molecular complexity index is 1320. The molecule has 45 heavy (non-hydrogen) atoms. The number of hydrogen-bond donors (Lipinski definition) is 1. The summed E-state index contributed by atoms with van der Waals surface area (Å²) in [5, 5.41) is 3.13. The van der Waals surface area contributed by atoms with E-state index in [1.807, 2.05) is 47.4 Å². The number of fused-ring (bicyclic) bond motifs is 9. The number of benzene rings is 2. The molecule has 11 nitrogen and oxygen atoms in total. The third-order valence-corrected chi connectivity index (χ3v) is 8.72. The van der Waals surface area contributed by atoms with Crippen molar-refractivity contribution in [1.29, 1.82) is 0 Å². The van der Waals surface area contributed by atoms with Crippen LogP contribution >= 0.6 is 0 Å². The predicted octanol–water partition coefficient (Wildman–Crippen LogP) is 3.00. The van der Waals surface area contributed by atoms with Crippen molar-refractivity contribution in [3.05, 3.63) is 53.6 Å². The van der Waals surface area contributed by atoms with Gasteiger partial charge in [0.1, 0.15) is 5.75 Å². The number of methoxy groups -OCH3 is 2. The van der Waals surface area contributed by atoms with Gasteiger partial charge in [0.2, 0.25) is 17.7 Å². The Labute approximate surface area is 265 Å². The van der Waals surface area contributed by atoms with E-state index in [0.29, 0.717) is 75.9 Å². The Kier molecular flexibility index (Phi) is 11.7. The van der Waals surface area contributed by atoms with Gasteiger partial charge in [0.25, 0.3) is 0 Å². The molecule has 2 atom stereocenters. The summed E-state index contributed by atoms with van der Waals surface area (Å²) in [6, 6.07) is 12.9. The lowest BCUT2D eigenvalue weighted by Crippen LogP contribution is -2.59. The fraction of sp³-hybridized carbons (Fsp3) is 0.559. The number of piperidine rings is 1.